The predicted octanol–water partition coefficient (Wildman–Crippen LogP) is 1.72. The summed E-state index contributed by atoms with van der Waals surface area (Å²) in [5.41, 5.74) is 1.17. The Balaban J connectivity index is 1.91. The van der Waals surface area contributed by atoms with E-state index in [1.807, 2.05) is 38.2 Å². The van der Waals surface area contributed by atoms with Gasteiger partial charge in [0.2, 0.25) is 0 Å². The predicted molar refractivity (Wildman–Crippen MR) is 80.0 cm³/mol. The Hall–Kier alpha value is -1.10. The Morgan fingerprint density at radius 3 is 2.80 bits per heavy atom. The largest absolute Gasteiger partial charge is 0.366 e. The molecule has 0 spiro atoms. The van der Waals surface area contributed by atoms with Crippen molar-refractivity contribution in [1.29, 1.82) is 0 Å². The van der Waals surface area contributed by atoms with Gasteiger partial charge in [-0.05, 0) is 31.0 Å². The second-order valence-electron chi connectivity index (χ2n) is 5.19. The Labute approximate surface area is 125 Å². The van der Waals surface area contributed by atoms with E-state index in [-0.39, 0.29) is 18.1 Å². The lowest BCUT2D eigenvalue weighted by molar-refractivity contribution is -0.145. The fraction of sp³-hybridized carbons (Fsp3) is 0.533. The number of carbonyl (C=O) groups is 1. The van der Waals surface area contributed by atoms with Gasteiger partial charge in [0, 0.05) is 31.2 Å². The van der Waals surface area contributed by atoms with Crippen LogP contribution in [-0.4, -0.2) is 49.7 Å². The molecule has 1 heterocycles. The lowest BCUT2D eigenvalue weighted by atomic mass is 10.1. The number of nitrogens with zero attached hydrogens (tertiary/aromatic N) is 1. The zero-order valence-corrected chi connectivity index (χ0v) is 12.7. The minimum absolute atomic E-state index is 0.0404. The van der Waals surface area contributed by atoms with E-state index < -0.39 is 0 Å². The maximum Gasteiger partial charge on any atom is 0.253 e. The molecule has 1 aliphatic heterocycles. The van der Waals surface area contributed by atoms with Crippen molar-refractivity contribution in [3.8, 4) is 0 Å². The minimum atomic E-state index is -0.360. The highest BCUT2D eigenvalue weighted by Gasteiger charge is 2.27. The molecule has 2 rings (SSSR count). The lowest BCUT2D eigenvalue weighted by Gasteiger charge is -2.31. The van der Waals surface area contributed by atoms with Crippen LogP contribution in [0.25, 0.3) is 0 Å². The monoisotopic (exact) mass is 296 g/mol. The zero-order chi connectivity index (χ0) is 14.5. The molecular weight excluding hydrogens is 276 g/mol. The summed E-state index contributed by atoms with van der Waals surface area (Å²) in [7, 11) is 1.83. The minimum Gasteiger partial charge on any atom is -0.366 e. The molecule has 1 aromatic carbocycles. The third-order valence-corrected chi connectivity index (χ3v) is 3.91. The molecule has 1 fully saturated rings. The number of morpholine rings is 1. The van der Waals surface area contributed by atoms with Crippen molar-refractivity contribution in [3.63, 3.8) is 0 Å². The SMILES string of the molecule is CC(Cc1ccc(Cl)cc1)N(C)C(=O)C1CNCCO1. The number of amides is 1. The van der Waals surface area contributed by atoms with Gasteiger partial charge in [0.25, 0.3) is 5.91 Å². The van der Waals surface area contributed by atoms with Gasteiger partial charge < -0.3 is 15.0 Å². The third kappa shape index (κ3) is 3.95. The van der Waals surface area contributed by atoms with Crippen molar-refractivity contribution in [2.24, 2.45) is 0 Å². The highest BCUT2D eigenvalue weighted by atomic mass is 35.5. The van der Waals surface area contributed by atoms with Gasteiger partial charge in [0.1, 0.15) is 6.10 Å². The number of nitrogens with one attached hydrogen (secondary N) is 1. The van der Waals surface area contributed by atoms with Gasteiger partial charge in [-0.2, -0.15) is 0 Å². The van der Waals surface area contributed by atoms with Gasteiger partial charge in [-0.25, -0.2) is 0 Å². The van der Waals surface area contributed by atoms with Crippen molar-refractivity contribution < 1.29 is 9.53 Å². The van der Waals surface area contributed by atoms with Crippen molar-refractivity contribution in [1.82, 2.24) is 10.2 Å². The van der Waals surface area contributed by atoms with Crippen LogP contribution in [0.15, 0.2) is 24.3 Å². The molecule has 2 unspecified atom stereocenters. The van der Waals surface area contributed by atoms with Crippen LogP contribution in [0.1, 0.15) is 12.5 Å². The van der Waals surface area contributed by atoms with Gasteiger partial charge in [-0.15, -0.1) is 0 Å². The van der Waals surface area contributed by atoms with Crippen LogP contribution < -0.4 is 5.32 Å². The Bertz CT molecular complexity index is 444. The molecule has 0 aliphatic carbocycles. The number of halogens is 1. The van der Waals surface area contributed by atoms with E-state index in [2.05, 4.69) is 5.32 Å². The van der Waals surface area contributed by atoms with Crippen LogP contribution >= 0.6 is 11.6 Å². The molecule has 20 heavy (non-hydrogen) atoms. The van der Waals surface area contributed by atoms with E-state index in [1.54, 1.807) is 4.90 Å². The number of rotatable bonds is 4. The number of ether oxygens (including phenoxy) is 1. The topological polar surface area (TPSA) is 41.6 Å². The molecule has 0 bridgehead atoms. The summed E-state index contributed by atoms with van der Waals surface area (Å²) in [6.45, 7) is 4.04. The molecule has 110 valence electrons. The zero-order valence-electron chi connectivity index (χ0n) is 11.9. The normalized spacial score (nSPS) is 20.4. The molecule has 0 radical (unpaired) electrons. The quantitative estimate of drug-likeness (QED) is 0.920. The second kappa shape index (κ2) is 7.07. The van der Waals surface area contributed by atoms with E-state index in [0.717, 1.165) is 18.0 Å². The van der Waals surface area contributed by atoms with Crippen molar-refractivity contribution in [2.45, 2.75) is 25.5 Å². The van der Waals surface area contributed by atoms with Gasteiger partial charge in [-0.3, -0.25) is 4.79 Å². The maximum absolute atomic E-state index is 12.3. The van der Waals surface area contributed by atoms with Crippen molar-refractivity contribution >= 4 is 17.5 Å². The molecule has 1 N–H and O–H groups in total. The molecule has 4 nitrogen and oxygen atoms in total. The summed E-state index contributed by atoms with van der Waals surface area (Å²) >= 11 is 5.87. The Morgan fingerprint density at radius 1 is 1.50 bits per heavy atom. The summed E-state index contributed by atoms with van der Waals surface area (Å²) in [4.78, 5) is 14.1. The van der Waals surface area contributed by atoms with Gasteiger partial charge >= 0.3 is 0 Å². The van der Waals surface area contributed by atoms with E-state index >= 15 is 0 Å². The van der Waals surface area contributed by atoms with Crippen LogP contribution in [0.2, 0.25) is 5.02 Å². The van der Waals surface area contributed by atoms with Crippen LogP contribution in [0.5, 0.6) is 0 Å². The van der Waals surface area contributed by atoms with E-state index in [4.69, 9.17) is 16.3 Å². The average molecular weight is 297 g/mol. The Kier molecular flexibility index (Phi) is 5.40. The first-order valence-electron chi connectivity index (χ1n) is 6.91. The smallest absolute Gasteiger partial charge is 0.253 e. The summed E-state index contributed by atoms with van der Waals surface area (Å²) in [6.07, 6.45) is 0.445. The molecule has 2 atom stereocenters. The summed E-state index contributed by atoms with van der Waals surface area (Å²) in [5, 5.41) is 3.91. The maximum atomic E-state index is 12.3. The van der Waals surface area contributed by atoms with Gasteiger partial charge in [0.15, 0.2) is 0 Å². The lowest BCUT2D eigenvalue weighted by Crippen LogP contribution is -2.50. The first kappa shape index (κ1) is 15.3. The van der Waals surface area contributed by atoms with Gasteiger partial charge in [0.05, 0.1) is 6.61 Å². The van der Waals surface area contributed by atoms with E-state index in [0.29, 0.717) is 13.2 Å². The number of hydrogen-bond acceptors (Lipinski definition) is 3. The molecular formula is C15H21ClN2O2. The standard InChI is InChI=1S/C15H21ClN2O2/c1-11(9-12-3-5-13(16)6-4-12)18(2)15(19)14-10-17-7-8-20-14/h3-6,11,14,17H,7-10H2,1-2H3. The van der Waals surface area contributed by atoms with Crippen LogP contribution in [0.4, 0.5) is 0 Å². The fourth-order valence-electron chi connectivity index (χ4n) is 2.27. The van der Waals surface area contributed by atoms with Crippen LogP contribution in [0, 0.1) is 0 Å². The molecule has 1 saturated heterocycles. The summed E-state index contributed by atoms with van der Waals surface area (Å²) in [6, 6.07) is 7.86. The number of hydrogen-bond donors (Lipinski definition) is 1. The number of benzene rings is 1. The third-order valence-electron chi connectivity index (χ3n) is 3.66. The first-order chi connectivity index (χ1) is 9.58. The fourth-order valence-corrected chi connectivity index (χ4v) is 2.39. The summed E-state index contributed by atoms with van der Waals surface area (Å²) in [5.74, 6) is 0.0404. The highest BCUT2D eigenvalue weighted by Crippen LogP contribution is 2.14. The average Bonchev–Trinajstić information content (AvgIpc) is 2.49. The number of likely N-dealkylation sites (N-methyl/N-ethyl adjacent to an activating group) is 1. The van der Waals surface area contributed by atoms with Crippen LogP contribution in [0.3, 0.4) is 0 Å². The highest BCUT2D eigenvalue weighted by molar-refractivity contribution is 6.30. The van der Waals surface area contributed by atoms with Crippen molar-refractivity contribution in [2.75, 3.05) is 26.7 Å². The number of carbonyl (C=O) groups excluding carboxylic acids is 1. The van der Waals surface area contributed by atoms with Crippen LogP contribution in [-0.2, 0) is 16.0 Å². The molecule has 1 amide bonds. The molecule has 1 aromatic rings. The van der Waals surface area contributed by atoms with Crippen molar-refractivity contribution in [3.05, 3.63) is 34.9 Å². The Morgan fingerprint density at radius 2 is 2.20 bits per heavy atom. The van der Waals surface area contributed by atoms with E-state index in [1.165, 1.54) is 5.56 Å². The molecule has 1 aliphatic rings. The summed E-state index contributed by atoms with van der Waals surface area (Å²) < 4.78 is 5.51. The molecule has 0 aromatic heterocycles. The molecule has 5 heteroatoms. The van der Waals surface area contributed by atoms with Gasteiger partial charge in [-0.1, -0.05) is 23.7 Å². The van der Waals surface area contributed by atoms with E-state index in [9.17, 15) is 4.79 Å². The molecule has 0 saturated carbocycles. The second-order valence-corrected chi connectivity index (χ2v) is 5.63. The first-order valence-corrected chi connectivity index (χ1v) is 7.29.